The third kappa shape index (κ3) is 2.64. The smallest absolute Gasteiger partial charge is 0.337 e. The third-order valence-electron chi connectivity index (χ3n) is 2.65. The fourth-order valence-electron chi connectivity index (χ4n) is 1.85. The van der Waals surface area contributed by atoms with Gasteiger partial charge in [-0.15, -0.1) is 0 Å². The largest absolute Gasteiger partial charge is 0.478 e. The minimum Gasteiger partial charge on any atom is -0.478 e. The Labute approximate surface area is 114 Å². The number of hydrogen-bond acceptors (Lipinski definition) is 3. The summed E-state index contributed by atoms with van der Waals surface area (Å²) in [7, 11) is 0. The van der Waals surface area contributed by atoms with E-state index < -0.39 is 17.7 Å². The van der Waals surface area contributed by atoms with Gasteiger partial charge in [0.25, 0.3) is 0 Å². The zero-order valence-corrected chi connectivity index (χ0v) is 10.6. The Morgan fingerprint density at radius 1 is 1.30 bits per heavy atom. The number of pyridine rings is 1. The van der Waals surface area contributed by atoms with Gasteiger partial charge in [-0.1, -0.05) is 6.07 Å². The molecule has 1 N–H and O–H groups in total. The second-order valence-corrected chi connectivity index (χ2v) is 4.03. The number of hydrogen-bond donors (Lipinski definition) is 1. The van der Waals surface area contributed by atoms with Crippen molar-refractivity contribution in [2.45, 2.75) is 6.92 Å². The summed E-state index contributed by atoms with van der Waals surface area (Å²) in [5.74, 6) is -2.15. The number of carbonyl (C=O) groups excluding carboxylic acids is 1. The Bertz CT molecular complexity index is 673. The summed E-state index contributed by atoms with van der Waals surface area (Å²) >= 11 is 0. The summed E-state index contributed by atoms with van der Waals surface area (Å²) in [5.41, 5.74) is 0.255. The molecule has 2 rings (SSSR count). The molecule has 1 heterocycles. The molecule has 102 valence electrons. The van der Waals surface area contributed by atoms with Crippen molar-refractivity contribution in [3.8, 4) is 0 Å². The minimum atomic E-state index is -1.19. The van der Waals surface area contributed by atoms with Gasteiger partial charge in [-0.2, -0.15) is 0 Å². The maximum absolute atomic E-state index is 13.3. The summed E-state index contributed by atoms with van der Waals surface area (Å²) in [6, 6.07) is 6.64. The predicted octanol–water partition coefficient (Wildman–Crippen LogP) is 2.60. The van der Waals surface area contributed by atoms with Crippen LogP contribution in [0, 0.1) is 5.82 Å². The van der Waals surface area contributed by atoms with Crippen molar-refractivity contribution < 1.29 is 19.1 Å². The van der Waals surface area contributed by atoms with Crippen molar-refractivity contribution in [1.82, 2.24) is 4.98 Å². The van der Waals surface area contributed by atoms with Crippen molar-refractivity contribution in [3.05, 3.63) is 54.1 Å². The molecular weight excluding hydrogens is 263 g/mol. The van der Waals surface area contributed by atoms with Gasteiger partial charge >= 0.3 is 5.97 Å². The van der Waals surface area contributed by atoms with E-state index in [1.54, 1.807) is 0 Å². The molecule has 0 aliphatic carbocycles. The number of aromatic nitrogens is 1. The standard InChI is InChI=1S/C14H11FN2O3/c1-9(18)17(11-4-2-3-10(15)7-11)13-8-16-6-5-12(13)14(19)20/h2-8H,1H3,(H,19,20). The van der Waals surface area contributed by atoms with E-state index in [-0.39, 0.29) is 16.9 Å². The Morgan fingerprint density at radius 3 is 2.65 bits per heavy atom. The lowest BCUT2D eigenvalue weighted by Crippen LogP contribution is -2.25. The predicted molar refractivity (Wildman–Crippen MR) is 70.4 cm³/mol. The molecule has 0 aliphatic rings. The van der Waals surface area contributed by atoms with Gasteiger partial charge in [0, 0.05) is 13.1 Å². The number of halogens is 1. The van der Waals surface area contributed by atoms with E-state index in [0.29, 0.717) is 0 Å². The molecule has 0 saturated carbocycles. The van der Waals surface area contributed by atoms with Crippen LogP contribution in [-0.4, -0.2) is 22.0 Å². The molecule has 0 saturated heterocycles. The van der Waals surface area contributed by atoms with Crippen LogP contribution in [0.15, 0.2) is 42.7 Å². The monoisotopic (exact) mass is 274 g/mol. The number of nitrogens with zero attached hydrogens (tertiary/aromatic N) is 2. The van der Waals surface area contributed by atoms with E-state index in [2.05, 4.69) is 4.98 Å². The van der Waals surface area contributed by atoms with Crippen LogP contribution >= 0.6 is 0 Å². The number of benzene rings is 1. The quantitative estimate of drug-likeness (QED) is 0.933. The molecule has 1 aromatic heterocycles. The highest BCUT2D eigenvalue weighted by atomic mass is 19.1. The first-order valence-corrected chi connectivity index (χ1v) is 5.74. The molecule has 0 atom stereocenters. The average Bonchev–Trinajstić information content (AvgIpc) is 2.39. The summed E-state index contributed by atoms with van der Waals surface area (Å²) < 4.78 is 13.3. The van der Waals surface area contributed by atoms with Gasteiger partial charge in [0.2, 0.25) is 5.91 Å². The normalized spacial score (nSPS) is 10.1. The van der Waals surface area contributed by atoms with Crippen molar-refractivity contribution >= 4 is 23.3 Å². The summed E-state index contributed by atoms with van der Waals surface area (Å²) in [5, 5.41) is 9.16. The summed E-state index contributed by atoms with van der Waals surface area (Å²) in [6.45, 7) is 1.27. The maximum Gasteiger partial charge on any atom is 0.337 e. The van der Waals surface area contributed by atoms with Crippen LogP contribution in [0.2, 0.25) is 0 Å². The molecule has 1 amide bonds. The van der Waals surface area contributed by atoms with Crippen LogP contribution in [0.1, 0.15) is 17.3 Å². The van der Waals surface area contributed by atoms with Crippen LogP contribution in [0.3, 0.4) is 0 Å². The van der Waals surface area contributed by atoms with Gasteiger partial charge in [0.05, 0.1) is 23.1 Å². The average molecular weight is 274 g/mol. The van der Waals surface area contributed by atoms with Crippen molar-refractivity contribution in [1.29, 1.82) is 0 Å². The van der Waals surface area contributed by atoms with Gasteiger partial charge in [0.1, 0.15) is 5.82 Å². The maximum atomic E-state index is 13.3. The first kappa shape index (κ1) is 13.7. The number of carboxylic acids is 1. The Kier molecular flexibility index (Phi) is 3.74. The fourth-order valence-corrected chi connectivity index (χ4v) is 1.85. The van der Waals surface area contributed by atoms with E-state index in [1.807, 2.05) is 0 Å². The number of aromatic carboxylic acids is 1. The Morgan fingerprint density at radius 2 is 2.05 bits per heavy atom. The highest BCUT2D eigenvalue weighted by molar-refractivity contribution is 6.05. The molecule has 5 nitrogen and oxygen atoms in total. The van der Waals surface area contributed by atoms with E-state index >= 15 is 0 Å². The molecule has 0 bridgehead atoms. The molecule has 0 aliphatic heterocycles. The van der Waals surface area contributed by atoms with E-state index in [0.717, 1.165) is 11.0 Å². The molecule has 0 unspecified atom stereocenters. The van der Waals surface area contributed by atoms with Crippen molar-refractivity contribution in [2.24, 2.45) is 0 Å². The summed E-state index contributed by atoms with van der Waals surface area (Å²) in [6.07, 6.45) is 2.58. The second kappa shape index (κ2) is 5.48. The van der Waals surface area contributed by atoms with Crippen LogP contribution in [0.25, 0.3) is 0 Å². The number of carboxylic acid groups (broad SMARTS) is 1. The molecule has 2 aromatic rings. The second-order valence-electron chi connectivity index (χ2n) is 4.03. The zero-order chi connectivity index (χ0) is 14.7. The highest BCUT2D eigenvalue weighted by Gasteiger charge is 2.21. The fraction of sp³-hybridized carbons (Fsp3) is 0.0714. The van der Waals surface area contributed by atoms with Crippen LogP contribution in [-0.2, 0) is 4.79 Å². The number of carbonyl (C=O) groups is 2. The molecule has 0 fully saturated rings. The topological polar surface area (TPSA) is 70.5 Å². The SMILES string of the molecule is CC(=O)N(c1cccc(F)c1)c1cnccc1C(=O)O. The van der Waals surface area contributed by atoms with Crippen LogP contribution < -0.4 is 4.90 Å². The lowest BCUT2D eigenvalue weighted by molar-refractivity contribution is -0.115. The number of amides is 1. The molecular formula is C14H11FN2O3. The van der Waals surface area contributed by atoms with Gasteiger partial charge in [-0.25, -0.2) is 9.18 Å². The molecule has 0 radical (unpaired) electrons. The minimum absolute atomic E-state index is 0.0838. The lowest BCUT2D eigenvalue weighted by Gasteiger charge is -2.22. The Balaban J connectivity index is 2.61. The lowest BCUT2D eigenvalue weighted by atomic mass is 10.2. The van der Waals surface area contributed by atoms with Crippen molar-refractivity contribution in [2.75, 3.05) is 4.90 Å². The summed E-state index contributed by atoms with van der Waals surface area (Å²) in [4.78, 5) is 28.0. The zero-order valence-electron chi connectivity index (χ0n) is 10.6. The Hall–Kier alpha value is -2.76. The van der Waals surface area contributed by atoms with Crippen LogP contribution in [0.4, 0.5) is 15.8 Å². The number of anilines is 2. The van der Waals surface area contributed by atoms with E-state index in [9.17, 15) is 14.0 Å². The van der Waals surface area contributed by atoms with Gasteiger partial charge in [0.15, 0.2) is 0 Å². The highest BCUT2D eigenvalue weighted by Crippen LogP contribution is 2.28. The van der Waals surface area contributed by atoms with Gasteiger partial charge in [-0.05, 0) is 24.3 Å². The molecule has 0 spiro atoms. The van der Waals surface area contributed by atoms with E-state index in [1.165, 1.54) is 43.6 Å². The third-order valence-corrected chi connectivity index (χ3v) is 2.65. The van der Waals surface area contributed by atoms with Crippen molar-refractivity contribution in [3.63, 3.8) is 0 Å². The van der Waals surface area contributed by atoms with Gasteiger partial charge in [-0.3, -0.25) is 14.7 Å². The number of rotatable bonds is 3. The first-order chi connectivity index (χ1) is 9.50. The molecule has 20 heavy (non-hydrogen) atoms. The molecule has 6 heteroatoms. The van der Waals surface area contributed by atoms with Gasteiger partial charge < -0.3 is 5.11 Å². The van der Waals surface area contributed by atoms with Crippen LogP contribution in [0.5, 0.6) is 0 Å². The molecule has 1 aromatic carbocycles. The van der Waals surface area contributed by atoms with E-state index in [4.69, 9.17) is 5.11 Å². The first-order valence-electron chi connectivity index (χ1n) is 5.74.